The van der Waals surface area contributed by atoms with Crippen molar-refractivity contribution in [2.75, 3.05) is 51.7 Å². The normalized spacial score (nSPS) is 17.9. The summed E-state index contributed by atoms with van der Waals surface area (Å²) in [4.78, 5) is 39.2. The summed E-state index contributed by atoms with van der Waals surface area (Å²) in [5.74, 6) is 0.514. The van der Waals surface area contributed by atoms with Crippen LogP contribution < -0.4 is 15.4 Å². The highest BCUT2D eigenvalue weighted by atomic mass is 19.1. The van der Waals surface area contributed by atoms with E-state index in [-0.39, 0.29) is 23.5 Å². The second-order valence-corrected chi connectivity index (χ2v) is 12.0. The van der Waals surface area contributed by atoms with Crippen LogP contribution in [0.25, 0.3) is 16.9 Å². The summed E-state index contributed by atoms with van der Waals surface area (Å²) in [6, 6.07) is 10.4. The van der Waals surface area contributed by atoms with Gasteiger partial charge in [0, 0.05) is 79.8 Å². The Hall–Kier alpha value is -4.51. The van der Waals surface area contributed by atoms with Crippen LogP contribution in [0, 0.1) is 24.1 Å². The first-order valence-corrected chi connectivity index (χ1v) is 14.7. The molecular weight excluding hydrogens is 549 g/mol. The van der Waals surface area contributed by atoms with Crippen LogP contribution in [0.15, 0.2) is 55.0 Å². The number of anilines is 2. The van der Waals surface area contributed by atoms with Crippen molar-refractivity contribution in [2.45, 2.75) is 19.8 Å². The maximum absolute atomic E-state index is 14.4. The summed E-state index contributed by atoms with van der Waals surface area (Å²) in [6.07, 6.45) is 6.52. The van der Waals surface area contributed by atoms with E-state index in [1.807, 2.05) is 39.3 Å². The van der Waals surface area contributed by atoms with Crippen molar-refractivity contribution in [1.82, 2.24) is 29.5 Å². The van der Waals surface area contributed by atoms with Gasteiger partial charge in [-0.2, -0.15) is 0 Å². The molecule has 3 aliphatic heterocycles. The highest BCUT2D eigenvalue weighted by Gasteiger charge is 2.50. The third kappa shape index (κ3) is 4.87. The minimum Gasteiger partial charge on any atom is -0.494 e. The number of hydrogen-bond acceptors (Lipinski definition) is 7. The first-order chi connectivity index (χ1) is 20.8. The maximum atomic E-state index is 14.4. The Bertz CT molecular complexity index is 1720. The molecule has 10 nitrogen and oxygen atoms in total. The minimum absolute atomic E-state index is 0.00393. The van der Waals surface area contributed by atoms with Crippen molar-refractivity contribution in [3.8, 4) is 17.0 Å². The van der Waals surface area contributed by atoms with E-state index in [0.29, 0.717) is 59.6 Å². The van der Waals surface area contributed by atoms with E-state index in [1.165, 1.54) is 13.2 Å². The Kier molecular flexibility index (Phi) is 6.76. The van der Waals surface area contributed by atoms with E-state index in [0.717, 1.165) is 37.4 Å². The molecule has 0 saturated carbocycles. The smallest absolute Gasteiger partial charge is 0.254 e. The topological polar surface area (TPSA) is 104 Å². The predicted octanol–water partition coefficient (Wildman–Crippen LogP) is 3.88. The Morgan fingerprint density at radius 1 is 1.07 bits per heavy atom. The molecule has 3 saturated heterocycles. The molecule has 222 valence electrons. The number of imidazole rings is 1. The van der Waals surface area contributed by atoms with Crippen LogP contribution in [-0.4, -0.2) is 82.4 Å². The van der Waals surface area contributed by atoms with Crippen molar-refractivity contribution in [1.29, 1.82) is 0 Å². The zero-order valence-corrected chi connectivity index (χ0v) is 24.3. The number of rotatable bonds is 6. The first kappa shape index (κ1) is 27.3. The van der Waals surface area contributed by atoms with Gasteiger partial charge in [-0.15, -0.1) is 0 Å². The largest absolute Gasteiger partial charge is 0.494 e. The number of ether oxygens (including phenoxy) is 1. The van der Waals surface area contributed by atoms with E-state index >= 15 is 0 Å². The predicted molar refractivity (Wildman–Crippen MR) is 160 cm³/mol. The van der Waals surface area contributed by atoms with Gasteiger partial charge in [0.1, 0.15) is 0 Å². The third-order valence-corrected chi connectivity index (χ3v) is 9.09. The van der Waals surface area contributed by atoms with Crippen LogP contribution in [0.4, 0.5) is 15.9 Å². The molecule has 0 aliphatic carbocycles. The van der Waals surface area contributed by atoms with E-state index in [4.69, 9.17) is 4.74 Å². The van der Waals surface area contributed by atoms with Gasteiger partial charge in [0.15, 0.2) is 23.0 Å². The number of carbonyl (C=O) groups excluding carboxylic acids is 2. The highest BCUT2D eigenvalue weighted by Crippen LogP contribution is 2.36. The summed E-state index contributed by atoms with van der Waals surface area (Å²) in [5, 5.41) is 6.63. The second-order valence-electron chi connectivity index (χ2n) is 12.0. The lowest BCUT2D eigenvalue weighted by atomic mass is 9.74. The zero-order chi connectivity index (χ0) is 29.7. The molecule has 3 fully saturated rings. The third-order valence-electron chi connectivity index (χ3n) is 9.09. The number of aromatic nitrogens is 3. The molecular formula is C32H34FN7O3. The molecule has 11 heteroatoms. The Labute approximate surface area is 248 Å². The van der Waals surface area contributed by atoms with Crippen molar-refractivity contribution in [3.05, 3.63) is 71.9 Å². The number of methoxy groups -OCH3 is 1. The van der Waals surface area contributed by atoms with Crippen LogP contribution in [0.5, 0.6) is 5.75 Å². The van der Waals surface area contributed by atoms with Gasteiger partial charge in [-0.05, 0) is 61.7 Å². The number of fused-ring (bicyclic) bond motifs is 1. The molecule has 7 rings (SSSR count). The molecule has 43 heavy (non-hydrogen) atoms. The van der Waals surface area contributed by atoms with Gasteiger partial charge in [-0.1, -0.05) is 0 Å². The van der Waals surface area contributed by atoms with Gasteiger partial charge in [0.25, 0.3) is 5.91 Å². The molecule has 2 aromatic heterocycles. The van der Waals surface area contributed by atoms with Gasteiger partial charge >= 0.3 is 0 Å². The quantitative estimate of drug-likeness (QED) is 0.355. The van der Waals surface area contributed by atoms with Crippen LogP contribution >= 0.6 is 0 Å². The Balaban J connectivity index is 1.01. The van der Waals surface area contributed by atoms with E-state index in [1.54, 1.807) is 30.7 Å². The van der Waals surface area contributed by atoms with E-state index in [9.17, 15) is 14.0 Å². The molecule has 0 atom stereocenters. The molecule has 2 aromatic carbocycles. The van der Waals surface area contributed by atoms with Crippen molar-refractivity contribution >= 4 is 29.0 Å². The monoisotopic (exact) mass is 583 g/mol. The fourth-order valence-corrected chi connectivity index (χ4v) is 6.54. The molecule has 2 N–H and O–H groups in total. The Morgan fingerprint density at radius 3 is 2.53 bits per heavy atom. The average molecular weight is 584 g/mol. The fraction of sp³-hybridized carbons (Fsp3) is 0.375. The van der Waals surface area contributed by atoms with Crippen molar-refractivity contribution in [2.24, 2.45) is 11.3 Å². The number of nitrogens with zero attached hydrogens (tertiary/aromatic N) is 5. The summed E-state index contributed by atoms with van der Waals surface area (Å²) in [5.41, 5.74) is 4.55. The van der Waals surface area contributed by atoms with E-state index in [2.05, 4.69) is 20.6 Å². The molecule has 3 aliphatic rings. The van der Waals surface area contributed by atoms with Crippen LogP contribution in [0.2, 0.25) is 0 Å². The van der Waals surface area contributed by atoms with Crippen molar-refractivity contribution in [3.63, 3.8) is 0 Å². The number of amides is 2. The number of aryl methyl sites for hydroxylation is 1. The van der Waals surface area contributed by atoms with Gasteiger partial charge in [-0.25, -0.2) is 14.4 Å². The van der Waals surface area contributed by atoms with Crippen LogP contribution in [0.1, 0.15) is 28.8 Å². The number of likely N-dealkylation sites (tertiary alicyclic amines) is 2. The van der Waals surface area contributed by atoms with Gasteiger partial charge in [-0.3, -0.25) is 14.0 Å². The lowest BCUT2D eigenvalue weighted by Gasteiger charge is -2.56. The van der Waals surface area contributed by atoms with Gasteiger partial charge in [0.2, 0.25) is 5.91 Å². The molecule has 1 spiro atoms. The van der Waals surface area contributed by atoms with Gasteiger partial charge < -0.3 is 25.2 Å². The Morgan fingerprint density at radius 2 is 1.86 bits per heavy atom. The van der Waals surface area contributed by atoms with Crippen LogP contribution in [-0.2, 0) is 4.79 Å². The summed E-state index contributed by atoms with van der Waals surface area (Å²) in [6.45, 7) is 6.85. The average Bonchev–Trinajstić information content (AvgIpc) is 3.41. The van der Waals surface area contributed by atoms with E-state index < -0.39 is 5.82 Å². The molecule has 0 bridgehead atoms. The second kappa shape index (κ2) is 10.6. The van der Waals surface area contributed by atoms with Crippen LogP contribution in [0.3, 0.4) is 0 Å². The standard InChI is InChI=1S/C32H34FN7O3/c1-20-13-23(37-28-29-36-15-26(40(29)12-9-35-28)22-3-6-27(43-2)25(33)14-22)4-5-24(20)31(42)38-10-7-21(8-11-38)30(41)39-18-32(19-39)16-34-17-32/h3-6,9,12-15,21,34H,7-8,10-11,16-19H2,1-2H3,(H,35,37). The highest BCUT2D eigenvalue weighted by molar-refractivity contribution is 5.96. The zero-order valence-electron chi connectivity index (χ0n) is 24.3. The minimum atomic E-state index is -0.448. The molecule has 4 aromatic rings. The summed E-state index contributed by atoms with van der Waals surface area (Å²) < 4.78 is 21.2. The molecule has 0 unspecified atom stereocenters. The summed E-state index contributed by atoms with van der Waals surface area (Å²) >= 11 is 0. The first-order valence-electron chi connectivity index (χ1n) is 14.7. The molecule has 2 amide bonds. The number of halogens is 1. The lowest BCUT2D eigenvalue weighted by Crippen LogP contribution is -2.72. The number of carbonyl (C=O) groups is 2. The molecule has 5 heterocycles. The lowest BCUT2D eigenvalue weighted by molar-refractivity contribution is -0.152. The molecule has 0 radical (unpaired) electrons. The van der Waals surface area contributed by atoms with Crippen molar-refractivity contribution < 1.29 is 18.7 Å². The number of nitrogens with one attached hydrogen (secondary N) is 2. The fourth-order valence-electron chi connectivity index (χ4n) is 6.54. The maximum Gasteiger partial charge on any atom is 0.254 e. The van der Waals surface area contributed by atoms with Gasteiger partial charge in [0.05, 0.1) is 19.0 Å². The SMILES string of the molecule is COc1ccc(-c2cnc3c(Nc4ccc(C(=O)N5CCC(C(=O)N6CC7(CNC7)C6)CC5)c(C)c4)nccn23)cc1F. The number of hydrogen-bond donors (Lipinski definition) is 2. The number of benzene rings is 2. The summed E-state index contributed by atoms with van der Waals surface area (Å²) in [7, 11) is 1.43. The number of piperidine rings is 1.